The largest absolute Gasteiger partial charge is 0.505 e. The molecule has 0 aromatic heterocycles. The molecule has 0 saturated heterocycles. The minimum absolute atomic E-state index is 0.0182. The average Bonchev–Trinajstić information content (AvgIpc) is 2.91. The first kappa shape index (κ1) is 23.6. The number of carbonyl (C=O) groups is 1. The Kier molecular flexibility index (Phi) is 6.54. The molecule has 0 bridgehead atoms. The highest BCUT2D eigenvalue weighted by atomic mass is 16.4. The van der Waals surface area contributed by atoms with Gasteiger partial charge in [0, 0.05) is 21.8 Å². The minimum atomic E-state index is -0.970. The minimum Gasteiger partial charge on any atom is -0.505 e. The standard InChI is InChI=1S/C29H23N5O3/c1-18-15-19-11-12-21(30-17-27(35)36)16-24(19)29(37)28(18)34-33-26-14-13-25(22-9-5-6-10-23(22)26)32-31-20-7-3-2-4-8-20/h2-16,30,37H,17H2,1H3,(H,35,36). The predicted molar refractivity (Wildman–Crippen MR) is 145 cm³/mol. The van der Waals surface area contributed by atoms with E-state index in [1.165, 1.54) is 0 Å². The molecular formula is C29H23N5O3. The van der Waals surface area contributed by atoms with Crippen molar-refractivity contribution in [2.45, 2.75) is 6.92 Å². The number of hydrogen-bond donors (Lipinski definition) is 3. The van der Waals surface area contributed by atoms with E-state index in [4.69, 9.17) is 5.11 Å². The number of aliphatic carboxylic acids is 1. The summed E-state index contributed by atoms with van der Waals surface area (Å²) >= 11 is 0. The van der Waals surface area contributed by atoms with Crippen LogP contribution < -0.4 is 5.32 Å². The van der Waals surface area contributed by atoms with E-state index in [1.54, 1.807) is 12.1 Å². The maximum Gasteiger partial charge on any atom is 0.322 e. The number of phenols is 1. The SMILES string of the molecule is Cc1cc2ccc(NCC(=O)O)cc2c(O)c1N=Nc1ccc(N=Nc2ccccc2)c2ccccc12. The number of anilines is 1. The molecule has 0 atom stereocenters. The predicted octanol–water partition coefficient (Wildman–Crippen LogP) is 8.33. The summed E-state index contributed by atoms with van der Waals surface area (Å²) in [6, 6.07) is 28.2. The molecule has 0 spiro atoms. The topological polar surface area (TPSA) is 119 Å². The van der Waals surface area contributed by atoms with Gasteiger partial charge in [-0.2, -0.15) is 5.11 Å². The first-order chi connectivity index (χ1) is 18.0. The molecule has 0 heterocycles. The number of aryl methyl sites for hydroxylation is 1. The van der Waals surface area contributed by atoms with Crippen LogP contribution in [0.4, 0.5) is 28.4 Å². The summed E-state index contributed by atoms with van der Waals surface area (Å²) in [5, 5.41) is 43.5. The van der Waals surface area contributed by atoms with Gasteiger partial charge in [0.15, 0.2) is 5.75 Å². The van der Waals surface area contributed by atoms with Gasteiger partial charge in [-0.3, -0.25) is 4.79 Å². The van der Waals surface area contributed by atoms with Crippen molar-refractivity contribution in [2.24, 2.45) is 20.5 Å². The Hall–Kier alpha value is -5.11. The van der Waals surface area contributed by atoms with E-state index in [9.17, 15) is 9.90 Å². The lowest BCUT2D eigenvalue weighted by molar-refractivity contribution is -0.134. The van der Waals surface area contributed by atoms with Crippen LogP contribution >= 0.6 is 0 Å². The number of phenolic OH excluding ortho intramolecular Hbond substituents is 1. The summed E-state index contributed by atoms with van der Waals surface area (Å²) in [4.78, 5) is 10.9. The van der Waals surface area contributed by atoms with Gasteiger partial charge in [-0.1, -0.05) is 48.5 Å². The van der Waals surface area contributed by atoms with Gasteiger partial charge in [-0.05, 0) is 60.3 Å². The Bertz CT molecular complexity index is 1680. The lowest BCUT2D eigenvalue weighted by atomic mass is 10.0. The smallest absolute Gasteiger partial charge is 0.322 e. The zero-order chi connectivity index (χ0) is 25.8. The van der Waals surface area contributed by atoms with Crippen LogP contribution in [-0.4, -0.2) is 22.7 Å². The number of rotatable bonds is 7. The van der Waals surface area contributed by atoms with Gasteiger partial charge in [0.25, 0.3) is 0 Å². The van der Waals surface area contributed by atoms with Crippen LogP contribution in [0.2, 0.25) is 0 Å². The Morgan fingerprint density at radius 1 is 0.757 bits per heavy atom. The molecule has 0 fully saturated rings. The number of carboxylic acid groups (broad SMARTS) is 1. The van der Waals surface area contributed by atoms with Gasteiger partial charge >= 0.3 is 5.97 Å². The summed E-state index contributed by atoms with van der Waals surface area (Å²) in [7, 11) is 0. The molecule has 37 heavy (non-hydrogen) atoms. The Balaban J connectivity index is 1.51. The molecule has 0 amide bonds. The van der Waals surface area contributed by atoms with Crippen molar-refractivity contribution in [3.63, 3.8) is 0 Å². The zero-order valence-electron chi connectivity index (χ0n) is 20.0. The van der Waals surface area contributed by atoms with E-state index in [2.05, 4.69) is 25.8 Å². The average molecular weight is 490 g/mol. The van der Waals surface area contributed by atoms with E-state index >= 15 is 0 Å². The van der Waals surface area contributed by atoms with Gasteiger partial charge in [0.05, 0.1) is 17.1 Å². The molecule has 0 aliphatic rings. The number of benzene rings is 5. The summed E-state index contributed by atoms with van der Waals surface area (Å²) in [5.41, 5.74) is 3.80. The molecule has 5 aromatic carbocycles. The number of nitrogens with one attached hydrogen (secondary N) is 1. The van der Waals surface area contributed by atoms with Crippen LogP contribution in [0.3, 0.4) is 0 Å². The number of carboxylic acids is 1. The molecule has 3 N–H and O–H groups in total. The summed E-state index contributed by atoms with van der Waals surface area (Å²) < 4.78 is 0. The maximum atomic E-state index is 11.0. The fourth-order valence-corrected chi connectivity index (χ4v) is 4.07. The number of nitrogens with zero attached hydrogens (tertiary/aromatic N) is 4. The number of azo groups is 2. The molecule has 0 aliphatic carbocycles. The normalized spacial score (nSPS) is 11.6. The third kappa shape index (κ3) is 5.13. The zero-order valence-corrected chi connectivity index (χ0v) is 20.0. The van der Waals surface area contributed by atoms with E-state index in [1.807, 2.05) is 85.8 Å². The Morgan fingerprint density at radius 2 is 1.41 bits per heavy atom. The molecular weight excluding hydrogens is 466 g/mol. The van der Waals surface area contributed by atoms with Crippen LogP contribution in [-0.2, 0) is 4.79 Å². The molecule has 8 heteroatoms. The Morgan fingerprint density at radius 3 is 2.08 bits per heavy atom. The van der Waals surface area contributed by atoms with Crippen molar-refractivity contribution in [3.05, 3.63) is 96.6 Å². The second-order valence-electron chi connectivity index (χ2n) is 8.46. The fourth-order valence-electron chi connectivity index (χ4n) is 4.07. The van der Waals surface area contributed by atoms with Crippen LogP contribution in [0.1, 0.15) is 5.56 Å². The van der Waals surface area contributed by atoms with Crippen LogP contribution in [0.5, 0.6) is 5.75 Å². The first-order valence-corrected chi connectivity index (χ1v) is 11.6. The van der Waals surface area contributed by atoms with Crippen molar-refractivity contribution < 1.29 is 15.0 Å². The second kappa shape index (κ2) is 10.2. The molecule has 0 unspecified atom stereocenters. The van der Waals surface area contributed by atoms with E-state index in [0.717, 1.165) is 27.4 Å². The van der Waals surface area contributed by atoms with Gasteiger partial charge in [-0.15, -0.1) is 15.3 Å². The maximum absolute atomic E-state index is 11.0. The second-order valence-corrected chi connectivity index (χ2v) is 8.46. The number of fused-ring (bicyclic) bond motifs is 2. The Labute approximate surface area is 212 Å². The lowest BCUT2D eigenvalue weighted by Crippen LogP contribution is -2.12. The van der Waals surface area contributed by atoms with Crippen LogP contribution in [0.15, 0.2) is 111 Å². The van der Waals surface area contributed by atoms with Crippen molar-refractivity contribution in [3.8, 4) is 5.75 Å². The molecule has 182 valence electrons. The summed E-state index contributed by atoms with van der Waals surface area (Å²) in [6.07, 6.45) is 0. The highest BCUT2D eigenvalue weighted by Gasteiger charge is 2.12. The van der Waals surface area contributed by atoms with Gasteiger partial charge in [0.1, 0.15) is 12.2 Å². The monoisotopic (exact) mass is 489 g/mol. The third-order valence-corrected chi connectivity index (χ3v) is 5.89. The van der Waals surface area contributed by atoms with Crippen molar-refractivity contribution in [1.29, 1.82) is 0 Å². The van der Waals surface area contributed by atoms with Crippen molar-refractivity contribution in [2.75, 3.05) is 11.9 Å². The summed E-state index contributed by atoms with van der Waals surface area (Å²) in [6.45, 7) is 1.63. The van der Waals surface area contributed by atoms with Crippen molar-refractivity contribution in [1.82, 2.24) is 0 Å². The highest BCUT2D eigenvalue weighted by molar-refractivity contribution is 6.00. The quantitative estimate of drug-likeness (QED) is 0.199. The van der Waals surface area contributed by atoms with Gasteiger partial charge in [0.2, 0.25) is 0 Å². The summed E-state index contributed by atoms with van der Waals surface area (Å²) in [5.74, 6) is -0.988. The third-order valence-electron chi connectivity index (χ3n) is 5.89. The molecule has 0 aliphatic heterocycles. The number of aromatic hydroxyl groups is 1. The molecule has 0 saturated carbocycles. The van der Waals surface area contributed by atoms with Crippen LogP contribution in [0, 0.1) is 6.92 Å². The van der Waals surface area contributed by atoms with Crippen LogP contribution in [0.25, 0.3) is 21.5 Å². The van der Waals surface area contributed by atoms with E-state index in [0.29, 0.717) is 28.1 Å². The molecule has 5 aromatic rings. The molecule has 0 radical (unpaired) electrons. The van der Waals surface area contributed by atoms with E-state index in [-0.39, 0.29) is 12.3 Å². The first-order valence-electron chi connectivity index (χ1n) is 11.6. The van der Waals surface area contributed by atoms with Gasteiger partial charge < -0.3 is 15.5 Å². The molecule has 5 rings (SSSR count). The fraction of sp³-hybridized carbons (Fsp3) is 0.0690. The van der Waals surface area contributed by atoms with Crippen molar-refractivity contribution >= 4 is 56.0 Å². The van der Waals surface area contributed by atoms with E-state index < -0.39 is 5.97 Å². The molecule has 8 nitrogen and oxygen atoms in total. The highest BCUT2D eigenvalue weighted by Crippen LogP contribution is 2.41. The lowest BCUT2D eigenvalue weighted by Gasteiger charge is -2.10. The van der Waals surface area contributed by atoms with Gasteiger partial charge in [-0.25, -0.2) is 0 Å². The number of hydrogen-bond acceptors (Lipinski definition) is 7.